The number of esters is 1. The van der Waals surface area contributed by atoms with Gasteiger partial charge in [-0.05, 0) is 13.0 Å². The van der Waals surface area contributed by atoms with E-state index in [1.54, 1.807) is 6.92 Å². The van der Waals surface area contributed by atoms with Crippen LogP contribution in [0.1, 0.15) is 17.3 Å². The molecule has 7 nitrogen and oxygen atoms in total. The highest BCUT2D eigenvalue weighted by molar-refractivity contribution is 5.96. The van der Waals surface area contributed by atoms with Crippen molar-refractivity contribution in [3.05, 3.63) is 33.9 Å². The van der Waals surface area contributed by atoms with Crippen molar-refractivity contribution in [2.75, 3.05) is 25.1 Å². The Kier molecular flexibility index (Phi) is 5.06. The molecule has 1 rings (SSSR count). The van der Waals surface area contributed by atoms with Crippen molar-refractivity contribution in [3.8, 4) is 0 Å². The molecular formula is C11H14N2O5. The molecule has 7 heteroatoms. The lowest BCUT2D eigenvalue weighted by Crippen LogP contribution is -2.12. The van der Waals surface area contributed by atoms with Crippen LogP contribution in [0.5, 0.6) is 0 Å². The number of non-ortho nitro benzene ring substituents is 1. The standard InChI is InChI=1S/C11H14N2O5/c1-2-18-11(15)9-7-8(13(16)17)3-4-10(9)12-5-6-14/h3-4,7,12,14H,2,5-6H2,1H3. The Balaban J connectivity index is 3.09. The fourth-order valence-corrected chi connectivity index (χ4v) is 1.37. The number of aliphatic hydroxyl groups is 1. The van der Waals surface area contributed by atoms with E-state index in [4.69, 9.17) is 9.84 Å². The molecule has 1 aromatic rings. The quantitative estimate of drug-likeness (QED) is 0.449. The van der Waals surface area contributed by atoms with Crippen LogP contribution in [0.25, 0.3) is 0 Å². The Hall–Kier alpha value is -2.15. The average molecular weight is 254 g/mol. The summed E-state index contributed by atoms with van der Waals surface area (Å²) < 4.78 is 4.82. The van der Waals surface area contributed by atoms with Crippen molar-refractivity contribution in [2.45, 2.75) is 6.92 Å². The number of hydrogen-bond donors (Lipinski definition) is 2. The van der Waals surface area contributed by atoms with Crippen molar-refractivity contribution < 1.29 is 19.6 Å². The summed E-state index contributed by atoms with van der Waals surface area (Å²) >= 11 is 0. The predicted molar refractivity (Wildman–Crippen MR) is 64.6 cm³/mol. The summed E-state index contributed by atoms with van der Waals surface area (Å²) in [5.41, 5.74) is 0.292. The van der Waals surface area contributed by atoms with Crippen LogP contribution in [-0.4, -0.2) is 35.8 Å². The number of ether oxygens (including phenoxy) is 1. The third kappa shape index (κ3) is 3.42. The molecule has 98 valence electrons. The van der Waals surface area contributed by atoms with E-state index in [0.717, 1.165) is 6.07 Å². The zero-order chi connectivity index (χ0) is 13.5. The van der Waals surface area contributed by atoms with Gasteiger partial charge in [-0.2, -0.15) is 0 Å². The summed E-state index contributed by atoms with van der Waals surface area (Å²) in [4.78, 5) is 21.7. The predicted octanol–water partition coefficient (Wildman–Crippen LogP) is 1.18. The molecule has 0 radical (unpaired) electrons. The van der Waals surface area contributed by atoms with Gasteiger partial charge in [0.2, 0.25) is 0 Å². The molecule has 0 aliphatic carbocycles. The lowest BCUT2D eigenvalue weighted by Gasteiger charge is -2.10. The maximum absolute atomic E-state index is 11.7. The summed E-state index contributed by atoms with van der Waals surface area (Å²) in [6, 6.07) is 3.85. The Morgan fingerprint density at radius 3 is 2.83 bits per heavy atom. The molecule has 1 aromatic carbocycles. The van der Waals surface area contributed by atoms with Crippen LogP contribution in [0.4, 0.5) is 11.4 Å². The van der Waals surface area contributed by atoms with E-state index >= 15 is 0 Å². The Labute approximate surface area is 104 Å². The Morgan fingerprint density at radius 2 is 2.28 bits per heavy atom. The van der Waals surface area contributed by atoms with Crippen molar-refractivity contribution >= 4 is 17.3 Å². The van der Waals surface area contributed by atoms with Crippen molar-refractivity contribution in [1.29, 1.82) is 0 Å². The molecule has 0 saturated carbocycles. The summed E-state index contributed by atoms with van der Waals surface area (Å²) in [6.07, 6.45) is 0. The average Bonchev–Trinajstić information content (AvgIpc) is 2.36. The molecule has 0 atom stereocenters. The summed E-state index contributed by atoms with van der Waals surface area (Å²) in [6.45, 7) is 1.96. The number of nitrogens with zero attached hydrogens (tertiary/aromatic N) is 1. The largest absolute Gasteiger partial charge is 0.462 e. The van der Waals surface area contributed by atoms with Gasteiger partial charge in [-0.1, -0.05) is 0 Å². The van der Waals surface area contributed by atoms with Gasteiger partial charge in [-0.25, -0.2) is 4.79 Å². The monoisotopic (exact) mass is 254 g/mol. The van der Waals surface area contributed by atoms with Crippen molar-refractivity contribution in [3.63, 3.8) is 0 Å². The van der Waals surface area contributed by atoms with Gasteiger partial charge in [-0.3, -0.25) is 10.1 Å². The maximum atomic E-state index is 11.7. The zero-order valence-electron chi connectivity index (χ0n) is 9.88. The number of rotatable bonds is 6. The second-order valence-corrected chi connectivity index (χ2v) is 3.36. The smallest absolute Gasteiger partial charge is 0.340 e. The van der Waals surface area contributed by atoms with Gasteiger partial charge < -0.3 is 15.2 Å². The molecule has 0 saturated heterocycles. The molecule has 0 heterocycles. The first-order valence-corrected chi connectivity index (χ1v) is 5.40. The first kappa shape index (κ1) is 13.9. The minimum absolute atomic E-state index is 0.0829. The first-order chi connectivity index (χ1) is 8.60. The Bertz CT molecular complexity index is 447. The fraction of sp³-hybridized carbons (Fsp3) is 0.364. The molecule has 0 bridgehead atoms. The van der Waals surface area contributed by atoms with Crippen LogP contribution in [0.15, 0.2) is 18.2 Å². The van der Waals surface area contributed by atoms with Crippen LogP contribution >= 0.6 is 0 Å². The van der Waals surface area contributed by atoms with E-state index in [-0.39, 0.29) is 31.0 Å². The van der Waals surface area contributed by atoms with Gasteiger partial charge in [0.15, 0.2) is 0 Å². The highest BCUT2D eigenvalue weighted by Crippen LogP contribution is 2.22. The molecule has 0 spiro atoms. The highest BCUT2D eigenvalue weighted by atomic mass is 16.6. The second-order valence-electron chi connectivity index (χ2n) is 3.36. The first-order valence-electron chi connectivity index (χ1n) is 5.40. The third-order valence-electron chi connectivity index (χ3n) is 2.14. The number of nitro benzene ring substituents is 1. The molecule has 0 fully saturated rings. The minimum atomic E-state index is -0.637. The van der Waals surface area contributed by atoms with Gasteiger partial charge in [0.05, 0.1) is 23.7 Å². The number of nitrogens with one attached hydrogen (secondary N) is 1. The number of nitro groups is 1. The molecule has 0 aliphatic heterocycles. The summed E-state index contributed by atoms with van der Waals surface area (Å²) in [7, 11) is 0. The van der Waals surface area contributed by atoms with Crippen LogP contribution in [0, 0.1) is 10.1 Å². The van der Waals surface area contributed by atoms with Crippen LogP contribution < -0.4 is 5.32 Å². The maximum Gasteiger partial charge on any atom is 0.340 e. The SMILES string of the molecule is CCOC(=O)c1cc([N+](=O)[O-])ccc1NCCO. The number of benzene rings is 1. The minimum Gasteiger partial charge on any atom is -0.462 e. The summed E-state index contributed by atoms with van der Waals surface area (Å²) in [5.74, 6) is -0.637. The molecular weight excluding hydrogens is 240 g/mol. The van der Waals surface area contributed by atoms with Crippen LogP contribution in [0.2, 0.25) is 0 Å². The van der Waals surface area contributed by atoms with Crippen LogP contribution in [0.3, 0.4) is 0 Å². The van der Waals surface area contributed by atoms with E-state index < -0.39 is 10.9 Å². The lowest BCUT2D eigenvalue weighted by atomic mass is 10.1. The van der Waals surface area contributed by atoms with Crippen molar-refractivity contribution in [1.82, 2.24) is 0 Å². The molecule has 0 aliphatic rings. The van der Waals surface area contributed by atoms with Gasteiger partial charge in [-0.15, -0.1) is 0 Å². The number of aliphatic hydroxyl groups excluding tert-OH is 1. The number of anilines is 1. The number of hydrogen-bond acceptors (Lipinski definition) is 6. The van der Waals surface area contributed by atoms with E-state index in [0.29, 0.717) is 5.69 Å². The molecule has 0 amide bonds. The summed E-state index contributed by atoms with van der Waals surface area (Å²) in [5, 5.41) is 22.2. The molecule has 2 N–H and O–H groups in total. The highest BCUT2D eigenvalue weighted by Gasteiger charge is 2.17. The van der Waals surface area contributed by atoms with Gasteiger partial charge in [0.25, 0.3) is 5.69 Å². The van der Waals surface area contributed by atoms with Gasteiger partial charge in [0.1, 0.15) is 0 Å². The Morgan fingerprint density at radius 1 is 1.56 bits per heavy atom. The third-order valence-corrected chi connectivity index (χ3v) is 2.14. The van der Waals surface area contributed by atoms with Crippen molar-refractivity contribution in [2.24, 2.45) is 0 Å². The van der Waals surface area contributed by atoms with Gasteiger partial charge >= 0.3 is 5.97 Å². The topological polar surface area (TPSA) is 102 Å². The second kappa shape index (κ2) is 6.55. The number of carbonyl (C=O) groups excluding carboxylic acids is 1. The van der Waals surface area contributed by atoms with E-state index in [9.17, 15) is 14.9 Å². The van der Waals surface area contributed by atoms with Crippen LogP contribution in [-0.2, 0) is 4.74 Å². The number of carbonyl (C=O) groups is 1. The zero-order valence-corrected chi connectivity index (χ0v) is 9.88. The molecule has 0 aromatic heterocycles. The van der Waals surface area contributed by atoms with E-state index in [1.165, 1.54) is 12.1 Å². The normalized spacial score (nSPS) is 9.89. The van der Waals surface area contributed by atoms with Gasteiger partial charge in [0, 0.05) is 24.4 Å². The molecule has 18 heavy (non-hydrogen) atoms. The molecule has 0 unspecified atom stereocenters. The fourth-order valence-electron chi connectivity index (χ4n) is 1.37. The lowest BCUT2D eigenvalue weighted by molar-refractivity contribution is -0.384. The van der Waals surface area contributed by atoms with E-state index in [1.807, 2.05) is 0 Å². The van der Waals surface area contributed by atoms with E-state index in [2.05, 4.69) is 5.32 Å².